The standard InChI is InChI=1S/C29H44O4S/c1-19(18-34(32,33)21-8-6-5-7-9-21)23-12-13-24-22-11-10-20-16-27(2,31)14-15-28(20,3)26(22)25(30)17-29(23,24)4/h5-9,19-20,22-26,30-31H,10-18H2,1-4H3/t19-,20-,22+,23-,24+,25?,26-,27+,28+,29-/m1/s1. The summed E-state index contributed by atoms with van der Waals surface area (Å²) in [5.41, 5.74) is -0.467. The molecule has 4 aliphatic carbocycles. The summed E-state index contributed by atoms with van der Waals surface area (Å²) in [7, 11) is -3.32. The lowest BCUT2D eigenvalue weighted by Gasteiger charge is -2.63. The Morgan fingerprint density at radius 1 is 0.971 bits per heavy atom. The zero-order chi connectivity index (χ0) is 24.5. The molecule has 0 amide bonds. The summed E-state index contributed by atoms with van der Waals surface area (Å²) in [6.07, 6.45) is 7.66. The van der Waals surface area contributed by atoms with Crippen LogP contribution in [0.4, 0.5) is 0 Å². The van der Waals surface area contributed by atoms with Crippen molar-refractivity contribution in [1.29, 1.82) is 0 Å². The molecule has 1 aromatic carbocycles. The zero-order valence-corrected chi connectivity index (χ0v) is 22.2. The fourth-order valence-corrected chi connectivity index (χ4v) is 11.4. The number of hydrogen-bond acceptors (Lipinski definition) is 4. The van der Waals surface area contributed by atoms with Crippen LogP contribution in [0.3, 0.4) is 0 Å². The van der Waals surface area contributed by atoms with E-state index >= 15 is 0 Å². The monoisotopic (exact) mass is 488 g/mol. The van der Waals surface area contributed by atoms with E-state index < -0.39 is 15.4 Å². The highest BCUT2D eigenvalue weighted by molar-refractivity contribution is 7.91. The third kappa shape index (κ3) is 3.89. The molecule has 190 valence electrons. The van der Waals surface area contributed by atoms with Crippen LogP contribution in [0.1, 0.15) is 79.1 Å². The molecule has 4 nitrogen and oxygen atoms in total. The van der Waals surface area contributed by atoms with E-state index in [4.69, 9.17) is 0 Å². The lowest BCUT2D eigenvalue weighted by atomic mass is 9.43. The summed E-state index contributed by atoms with van der Waals surface area (Å²) in [4.78, 5) is 0.421. The lowest BCUT2D eigenvalue weighted by molar-refractivity contribution is -0.189. The predicted octanol–water partition coefficient (Wildman–Crippen LogP) is 5.48. The van der Waals surface area contributed by atoms with Gasteiger partial charge in [-0.15, -0.1) is 0 Å². The molecule has 4 aliphatic rings. The normalized spacial score (nSPS) is 47.4. The van der Waals surface area contributed by atoms with Crippen LogP contribution in [0.2, 0.25) is 0 Å². The second kappa shape index (κ2) is 8.31. The van der Waals surface area contributed by atoms with E-state index in [-0.39, 0.29) is 28.6 Å². The van der Waals surface area contributed by atoms with Gasteiger partial charge in [-0.2, -0.15) is 0 Å². The average Bonchev–Trinajstić information content (AvgIpc) is 3.11. The molecule has 1 aromatic rings. The van der Waals surface area contributed by atoms with Gasteiger partial charge in [-0.3, -0.25) is 0 Å². The fraction of sp³-hybridized carbons (Fsp3) is 0.793. The van der Waals surface area contributed by atoms with Crippen molar-refractivity contribution in [3.8, 4) is 0 Å². The van der Waals surface area contributed by atoms with Crippen molar-refractivity contribution in [2.24, 2.45) is 46.3 Å². The van der Waals surface area contributed by atoms with Gasteiger partial charge in [-0.25, -0.2) is 8.42 Å². The van der Waals surface area contributed by atoms with Crippen molar-refractivity contribution in [2.45, 2.75) is 95.7 Å². The van der Waals surface area contributed by atoms with Gasteiger partial charge >= 0.3 is 0 Å². The van der Waals surface area contributed by atoms with E-state index in [2.05, 4.69) is 20.8 Å². The fourth-order valence-electron chi connectivity index (χ4n) is 9.72. The first-order chi connectivity index (χ1) is 15.9. The molecular weight excluding hydrogens is 444 g/mol. The first-order valence-corrected chi connectivity index (χ1v) is 15.2. The van der Waals surface area contributed by atoms with Crippen LogP contribution in [0.15, 0.2) is 35.2 Å². The van der Waals surface area contributed by atoms with E-state index in [1.54, 1.807) is 24.3 Å². The van der Waals surface area contributed by atoms with E-state index in [1.165, 1.54) is 0 Å². The van der Waals surface area contributed by atoms with Crippen molar-refractivity contribution in [2.75, 3.05) is 5.75 Å². The predicted molar refractivity (Wildman–Crippen MR) is 135 cm³/mol. The Hall–Kier alpha value is -0.910. The van der Waals surface area contributed by atoms with E-state index in [0.29, 0.717) is 34.5 Å². The zero-order valence-electron chi connectivity index (χ0n) is 21.4. The maximum atomic E-state index is 13.1. The molecule has 0 aliphatic heterocycles. The van der Waals surface area contributed by atoms with Crippen LogP contribution in [0.5, 0.6) is 0 Å². The Balaban J connectivity index is 1.37. The third-order valence-electron chi connectivity index (χ3n) is 11.2. The van der Waals surface area contributed by atoms with Gasteiger partial charge in [0, 0.05) is 0 Å². The van der Waals surface area contributed by atoms with Crippen LogP contribution < -0.4 is 0 Å². The van der Waals surface area contributed by atoms with E-state index in [9.17, 15) is 18.6 Å². The van der Waals surface area contributed by atoms with E-state index in [1.807, 2.05) is 13.0 Å². The maximum absolute atomic E-state index is 13.1. The van der Waals surface area contributed by atoms with Gasteiger partial charge in [0.05, 0.1) is 22.4 Å². The summed E-state index contributed by atoms with van der Waals surface area (Å²) >= 11 is 0. The minimum atomic E-state index is -3.32. The van der Waals surface area contributed by atoms with Gasteiger partial charge in [-0.05, 0) is 117 Å². The van der Waals surface area contributed by atoms with Crippen molar-refractivity contribution >= 4 is 9.84 Å². The molecule has 0 bridgehead atoms. The summed E-state index contributed by atoms with van der Waals surface area (Å²) in [5, 5.41) is 22.4. The number of rotatable bonds is 4. The summed E-state index contributed by atoms with van der Waals surface area (Å²) in [6, 6.07) is 8.86. The molecule has 4 saturated carbocycles. The SMILES string of the molecule is C[C@H](CS(=O)(=O)c1ccccc1)[C@H]1CC[C@H]2[C@@H]3CC[C@@H]4C[C@@](C)(O)CC[C@]4(C)[C@H]3C(O)C[C@]12C. The number of hydrogen-bond donors (Lipinski definition) is 2. The number of aliphatic hydroxyl groups is 2. The average molecular weight is 489 g/mol. The molecule has 0 heterocycles. The largest absolute Gasteiger partial charge is 0.393 e. The van der Waals surface area contributed by atoms with Crippen molar-refractivity contribution in [3.05, 3.63) is 30.3 Å². The molecule has 1 unspecified atom stereocenters. The van der Waals surface area contributed by atoms with E-state index in [0.717, 1.165) is 51.4 Å². The second-order valence-corrected chi connectivity index (χ2v) is 15.3. The molecule has 5 heteroatoms. The third-order valence-corrected chi connectivity index (χ3v) is 13.2. The van der Waals surface area contributed by atoms with Gasteiger partial charge in [-0.1, -0.05) is 39.0 Å². The summed E-state index contributed by atoms with van der Waals surface area (Å²) < 4.78 is 26.3. The minimum absolute atomic E-state index is 0.00440. The summed E-state index contributed by atoms with van der Waals surface area (Å²) in [5.74, 6) is 2.45. The molecular formula is C29H44O4S. The van der Waals surface area contributed by atoms with Crippen LogP contribution in [0.25, 0.3) is 0 Å². The van der Waals surface area contributed by atoms with Crippen LogP contribution in [-0.2, 0) is 9.84 Å². The molecule has 4 fully saturated rings. The molecule has 5 rings (SSSR count). The highest BCUT2D eigenvalue weighted by Crippen LogP contribution is 2.68. The molecule has 0 radical (unpaired) electrons. The highest BCUT2D eigenvalue weighted by atomic mass is 32.2. The quantitative estimate of drug-likeness (QED) is 0.589. The number of aliphatic hydroxyl groups excluding tert-OH is 1. The molecule has 0 spiro atoms. The van der Waals surface area contributed by atoms with Crippen LogP contribution in [-0.4, -0.2) is 36.1 Å². The van der Waals surface area contributed by atoms with Gasteiger partial charge in [0.15, 0.2) is 9.84 Å². The lowest BCUT2D eigenvalue weighted by Crippen LogP contribution is -2.60. The van der Waals surface area contributed by atoms with Gasteiger partial charge in [0.1, 0.15) is 0 Å². The van der Waals surface area contributed by atoms with Crippen LogP contribution in [0, 0.1) is 46.3 Å². The number of sulfone groups is 1. The number of benzene rings is 1. The smallest absolute Gasteiger partial charge is 0.178 e. The number of fused-ring (bicyclic) bond motifs is 5. The molecule has 0 saturated heterocycles. The Morgan fingerprint density at radius 2 is 1.68 bits per heavy atom. The molecule has 2 N–H and O–H groups in total. The minimum Gasteiger partial charge on any atom is -0.393 e. The van der Waals surface area contributed by atoms with Gasteiger partial charge in [0.2, 0.25) is 0 Å². The molecule has 0 aromatic heterocycles. The Bertz CT molecular complexity index is 1000. The van der Waals surface area contributed by atoms with Gasteiger partial charge < -0.3 is 10.2 Å². The first-order valence-electron chi connectivity index (χ1n) is 13.6. The molecule has 34 heavy (non-hydrogen) atoms. The highest BCUT2D eigenvalue weighted by Gasteiger charge is 2.64. The van der Waals surface area contributed by atoms with Crippen molar-refractivity contribution < 1.29 is 18.6 Å². The van der Waals surface area contributed by atoms with Crippen molar-refractivity contribution in [3.63, 3.8) is 0 Å². The maximum Gasteiger partial charge on any atom is 0.178 e. The Morgan fingerprint density at radius 3 is 2.38 bits per heavy atom. The second-order valence-electron chi connectivity index (χ2n) is 13.3. The summed E-state index contributed by atoms with van der Waals surface area (Å²) in [6.45, 7) is 8.87. The Labute approximate surface area is 206 Å². The first kappa shape index (κ1) is 24.8. The topological polar surface area (TPSA) is 74.6 Å². The van der Waals surface area contributed by atoms with Crippen LogP contribution >= 0.6 is 0 Å². The van der Waals surface area contributed by atoms with Crippen molar-refractivity contribution in [1.82, 2.24) is 0 Å². The Kier molecular flexibility index (Phi) is 6.06. The van der Waals surface area contributed by atoms with Gasteiger partial charge in [0.25, 0.3) is 0 Å². The molecule has 10 atom stereocenters.